The van der Waals surface area contributed by atoms with Crippen LogP contribution in [0.25, 0.3) is 33.2 Å². The minimum atomic E-state index is -0.672. The molecule has 2 fully saturated rings. The summed E-state index contributed by atoms with van der Waals surface area (Å²) >= 11 is 0. The van der Waals surface area contributed by atoms with E-state index in [4.69, 9.17) is 5.73 Å². The van der Waals surface area contributed by atoms with Gasteiger partial charge in [-0.05, 0) is 78.8 Å². The maximum Gasteiger partial charge on any atom is 0.254 e. The number of rotatable bonds is 3. The second-order valence-electron chi connectivity index (χ2n) is 10.0. The van der Waals surface area contributed by atoms with Crippen molar-refractivity contribution in [2.24, 2.45) is 12.8 Å². The van der Waals surface area contributed by atoms with Crippen LogP contribution < -0.4 is 5.73 Å². The van der Waals surface area contributed by atoms with Crippen LogP contribution in [0, 0.1) is 23.0 Å². The summed E-state index contributed by atoms with van der Waals surface area (Å²) < 4.78 is 32.0. The Labute approximate surface area is 212 Å². The number of hydrogen-bond donors (Lipinski definition) is 1. The number of piperidine rings is 1. The number of amides is 1. The van der Waals surface area contributed by atoms with E-state index in [0.29, 0.717) is 38.7 Å². The molecule has 2 aliphatic heterocycles. The maximum absolute atomic E-state index is 15.7. The number of aromatic nitrogens is 2. The first-order chi connectivity index (χ1) is 17.9. The van der Waals surface area contributed by atoms with Crippen molar-refractivity contribution in [1.82, 2.24) is 14.7 Å². The summed E-state index contributed by atoms with van der Waals surface area (Å²) in [5, 5.41) is 13.7. The Balaban J connectivity index is 1.50. The smallest absolute Gasteiger partial charge is 0.254 e. The van der Waals surface area contributed by atoms with Gasteiger partial charge in [0.15, 0.2) is 0 Å². The van der Waals surface area contributed by atoms with Gasteiger partial charge in [0, 0.05) is 36.3 Å². The molecule has 4 aromatic rings. The average molecular weight is 498 g/mol. The van der Waals surface area contributed by atoms with E-state index in [0.717, 1.165) is 25.7 Å². The summed E-state index contributed by atoms with van der Waals surface area (Å²) in [6.45, 7) is 0. The molecule has 37 heavy (non-hydrogen) atoms. The zero-order valence-electron chi connectivity index (χ0n) is 20.3. The molecule has 6 nitrogen and oxygen atoms in total. The van der Waals surface area contributed by atoms with Crippen molar-refractivity contribution in [3.05, 3.63) is 77.5 Å². The molecule has 6 rings (SSSR count). The average Bonchev–Trinajstić information content (AvgIpc) is 3.40. The number of nitrogens with two attached hydrogens (primary N) is 1. The molecule has 0 saturated carbocycles. The first-order valence-electron chi connectivity index (χ1n) is 12.4. The fourth-order valence-electron chi connectivity index (χ4n) is 6.03. The molecule has 3 heterocycles. The number of benzene rings is 3. The van der Waals surface area contributed by atoms with Crippen molar-refractivity contribution in [1.29, 1.82) is 5.26 Å². The van der Waals surface area contributed by atoms with Gasteiger partial charge >= 0.3 is 0 Å². The molecule has 0 unspecified atom stereocenters. The molecule has 3 atom stereocenters. The number of hydrogen-bond acceptors (Lipinski definition) is 4. The number of nitrogens with zero attached hydrogens (tertiary/aromatic N) is 4. The number of fused-ring (bicyclic) bond motifs is 3. The second-order valence-corrected chi connectivity index (χ2v) is 10.0. The third-order valence-corrected chi connectivity index (χ3v) is 7.83. The Hall–Kier alpha value is -4.09. The van der Waals surface area contributed by atoms with Gasteiger partial charge in [-0.1, -0.05) is 12.1 Å². The molecule has 2 bridgehead atoms. The molecule has 1 amide bonds. The van der Waals surface area contributed by atoms with E-state index in [1.807, 2.05) is 11.0 Å². The molecule has 2 N–H and O–H groups in total. The number of carbonyl (C=O) groups is 1. The summed E-state index contributed by atoms with van der Waals surface area (Å²) in [7, 11) is 1.74. The predicted molar refractivity (Wildman–Crippen MR) is 136 cm³/mol. The molecular formula is C29H25F2N5O. The molecule has 0 radical (unpaired) electrons. The van der Waals surface area contributed by atoms with Crippen molar-refractivity contribution in [2.45, 2.75) is 43.8 Å². The highest BCUT2D eigenvalue weighted by Gasteiger charge is 2.42. The van der Waals surface area contributed by atoms with Crippen LogP contribution in [0.2, 0.25) is 0 Å². The molecule has 0 aliphatic carbocycles. The summed E-state index contributed by atoms with van der Waals surface area (Å²) in [6, 6.07) is 15.0. The van der Waals surface area contributed by atoms with Crippen molar-refractivity contribution in [3.63, 3.8) is 0 Å². The Kier molecular flexibility index (Phi) is 5.54. The zero-order valence-corrected chi connectivity index (χ0v) is 20.3. The van der Waals surface area contributed by atoms with Crippen molar-refractivity contribution >= 4 is 16.8 Å². The second kappa shape index (κ2) is 8.79. The molecule has 3 aromatic carbocycles. The SMILES string of the molecule is Cn1ncc2c(F)c(-c3ccc(C(=O)N4[C@@H]5CC[C@H]4C[C@H](N)C5)cc3-c3ccc(C#N)c(F)c3)ccc21. The van der Waals surface area contributed by atoms with Gasteiger partial charge in [-0.2, -0.15) is 10.4 Å². The standard InChI is InChI=1S/C29H25F2N5O/c1-35-27-9-8-23(28(31)25(27)15-34-35)22-7-4-17(10-24(22)16-2-3-18(14-32)26(30)11-16)29(37)36-20-5-6-21(36)13-19(33)12-20/h2-4,7-11,15,19-21H,5-6,12-13,33H2,1H3/t19-,20-,21+. The topological polar surface area (TPSA) is 87.9 Å². The third kappa shape index (κ3) is 3.78. The Morgan fingerprint density at radius 2 is 1.76 bits per heavy atom. The van der Waals surface area contributed by atoms with Gasteiger partial charge in [-0.3, -0.25) is 9.48 Å². The molecular weight excluding hydrogens is 472 g/mol. The van der Waals surface area contributed by atoms with Gasteiger partial charge in [-0.15, -0.1) is 0 Å². The summed E-state index contributed by atoms with van der Waals surface area (Å²) in [5.74, 6) is -1.21. The summed E-state index contributed by atoms with van der Waals surface area (Å²) in [6.07, 6.45) is 4.91. The fraction of sp³-hybridized carbons (Fsp3) is 0.276. The van der Waals surface area contributed by atoms with Crippen LogP contribution in [-0.4, -0.2) is 38.7 Å². The number of nitriles is 1. The van der Waals surface area contributed by atoms with Crippen molar-refractivity contribution in [2.75, 3.05) is 0 Å². The highest BCUT2D eigenvalue weighted by molar-refractivity contribution is 5.99. The van der Waals surface area contributed by atoms with Gasteiger partial charge in [0.25, 0.3) is 5.91 Å². The van der Waals surface area contributed by atoms with Gasteiger partial charge in [0.1, 0.15) is 17.7 Å². The minimum Gasteiger partial charge on any atom is -0.333 e. The van der Waals surface area contributed by atoms with E-state index in [1.165, 1.54) is 18.3 Å². The summed E-state index contributed by atoms with van der Waals surface area (Å²) in [4.78, 5) is 15.6. The Bertz CT molecular complexity index is 1590. The van der Waals surface area contributed by atoms with Crippen molar-refractivity contribution in [3.8, 4) is 28.3 Å². The van der Waals surface area contributed by atoms with E-state index >= 15 is 4.39 Å². The van der Waals surface area contributed by atoms with Crippen LogP contribution in [0.15, 0.2) is 54.7 Å². The molecule has 2 saturated heterocycles. The van der Waals surface area contributed by atoms with Gasteiger partial charge in [0.2, 0.25) is 0 Å². The van der Waals surface area contributed by atoms with Crippen LogP contribution in [0.4, 0.5) is 8.78 Å². The van der Waals surface area contributed by atoms with E-state index in [2.05, 4.69) is 5.10 Å². The van der Waals surface area contributed by atoms with Crippen LogP contribution in [0.5, 0.6) is 0 Å². The lowest BCUT2D eigenvalue weighted by Crippen LogP contribution is -2.50. The van der Waals surface area contributed by atoms with E-state index < -0.39 is 11.6 Å². The van der Waals surface area contributed by atoms with E-state index in [-0.39, 0.29) is 29.6 Å². The van der Waals surface area contributed by atoms with Crippen LogP contribution in [0.3, 0.4) is 0 Å². The molecule has 2 aliphatic rings. The lowest BCUT2D eigenvalue weighted by atomic mass is 9.90. The minimum absolute atomic E-state index is 0.0817. The normalized spacial score (nSPS) is 20.8. The molecule has 0 spiro atoms. The lowest BCUT2D eigenvalue weighted by molar-refractivity contribution is 0.0575. The monoisotopic (exact) mass is 497 g/mol. The van der Waals surface area contributed by atoms with Crippen LogP contribution in [-0.2, 0) is 7.05 Å². The number of carbonyl (C=O) groups excluding carboxylic acids is 1. The van der Waals surface area contributed by atoms with Crippen LogP contribution >= 0.6 is 0 Å². The van der Waals surface area contributed by atoms with Crippen molar-refractivity contribution < 1.29 is 13.6 Å². The van der Waals surface area contributed by atoms with E-state index in [1.54, 1.807) is 48.1 Å². The number of halogens is 2. The first-order valence-corrected chi connectivity index (χ1v) is 12.4. The maximum atomic E-state index is 15.7. The largest absolute Gasteiger partial charge is 0.333 e. The van der Waals surface area contributed by atoms with Gasteiger partial charge in [-0.25, -0.2) is 8.78 Å². The Morgan fingerprint density at radius 1 is 1.03 bits per heavy atom. The van der Waals surface area contributed by atoms with Crippen LogP contribution in [0.1, 0.15) is 41.6 Å². The molecule has 186 valence electrons. The lowest BCUT2D eigenvalue weighted by Gasteiger charge is -2.38. The molecule has 8 heteroatoms. The highest BCUT2D eigenvalue weighted by atomic mass is 19.1. The Morgan fingerprint density at radius 3 is 2.46 bits per heavy atom. The third-order valence-electron chi connectivity index (χ3n) is 7.83. The zero-order chi connectivity index (χ0) is 25.8. The highest BCUT2D eigenvalue weighted by Crippen LogP contribution is 2.40. The summed E-state index contributed by atoms with van der Waals surface area (Å²) in [5.41, 5.74) is 9.03. The predicted octanol–water partition coefficient (Wildman–Crippen LogP) is 5.15. The van der Waals surface area contributed by atoms with Gasteiger partial charge < -0.3 is 10.6 Å². The quantitative estimate of drug-likeness (QED) is 0.424. The van der Waals surface area contributed by atoms with Gasteiger partial charge in [0.05, 0.1) is 22.7 Å². The van der Waals surface area contributed by atoms with E-state index in [9.17, 15) is 14.4 Å². The molecule has 1 aromatic heterocycles. The fourth-order valence-corrected chi connectivity index (χ4v) is 6.03. The first kappa shape index (κ1) is 23.3. The number of aryl methyl sites for hydroxylation is 1.